The molecule has 98 valence electrons. The van der Waals surface area contributed by atoms with Crippen molar-refractivity contribution < 1.29 is 4.39 Å². The number of hydrogen-bond donors (Lipinski definition) is 1. The average molecular weight is 255 g/mol. The van der Waals surface area contributed by atoms with E-state index >= 15 is 0 Å². The normalized spacial score (nSPS) is 14.6. The maximum absolute atomic E-state index is 13.1. The molecule has 1 fully saturated rings. The van der Waals surface area contributed by atoms with E-state index in [4.69, 9.17) is 0 Å². The summed E-state index contributed by atoms with van der Waals surface area (Å²) in [5, 5.41) is 3.50. The monoisotopic (exact) mass is 255 g/mol. The van der Waals surface area contributed by atoms with Gasteiger partial charge in [0.25, 0.3) is 0 Å². The maximum Gasteiger partial charge on any atom is 0.123 e. The lowest BCUT2D eigenvalue weighted by Gasteiger charge is -2.08. The number of nitrogens with one attached hydrogen (secondary N) is 1. The van der Waals surface area contributed by atoms with E-state index in [9.17, 15) is 4.39 Å². The summed E-state index contributed by atoms with van der Waals surface area (Å²) >= 11 is 0. The van der Waals surface area contributed by atoms with Crippen molar-refractivity contribution in [3.05, 3.63) is 59.4 Å². The Morgan fingerprint density at radius 3 is 2.47 bits per heavy atom. The van der Waals surface area contributed by atoms with Crippen molar-refractivity contribution in [2.75, 3.05) is 0 Å². The van der Waals surface area contributed by atoms with Crippen LogP contribution in [0.3, 0.4) is 0 Å². The molecule has 1 aliphatic carbocycles. The maximum atomic E-state index is 13.1. The van der Waals surface area contributed by atoms with Crippen molar-refractivity contribution >= 4 is 0 Å². The van der Waals surface area contributed by atoms with E-state index in [2.05, 4.69) is 29.6 Å². The third-order valence-corrected chi connectivity index (χ3v) is 3.63. The molecule has 1 nitrogen and oxygen atoms in total. The van der Waals surface area contributed by atoms with Gasteiger partial charge >= 0.3 is 0 Å². The Hall–Kier alpha value is -1.67. The molecule has 0 radical (unpaired) electrons. The number of aryl methyl sites for hydroxylation is 1. The third-order valence-electron chi connectivity index (χ3n) is 3.63. The summed E-state index contributed by atoms with van der Waals surface area (Å²) < 4.78 is 13.1. The summed E-state index contributed by atoms with van der Waals surface area (Å²) in [6.45, 7) is 2.88. The lowest BCUT2D eigenvalue weighted by atomic mass is 9.99. The highest BCUT2D eigenvalue weighted by Crippen LogP contribution is 2.25. The first-order valence-electron chi connectivity index (χ1n) is 6.81. The molecule has 1 aliphatic rings. The molecule has 1 N–H and O–H groups in total. The minimum Gasteiger partial charge on any atom is -0.310 e. The van der Waals surface area contributed by atoms with E-state index in [1.807, 2.05) is 13.0 Å². The van der Waals surface area contributed by atoms with Crippen LogP contribution in [0.15, 0.2) is 42.5 Å². The first kappa shape index (κ1) is 12.4. The summed E-state index contributed by atoms with van der Waals surface area (Å²) in [4.78, 5) is 0. The fourth-order valence-electron chi connectivity index (χ4n) is 2.30. The van der Waals surface area contributed by atoms with E-state index < -0.39 is 0 Å². The fraction of sp³-hybridized carbons (Fsp3) is 0.294. The molecule has 3 rings (SSSR count). The number of hydrogen-bond acceptors (Lipinski definition) is 1. The van der Waals surface area contributed by atoms with Crippen molar-refractivity contribution in [3.8, 4) is 11.1 Å². The van der Waals surface area contributed by atoms with Crippen LogP contribution in [0.25, 0.3) is 11.1 Å². The van der Waals surface area contributed by atoms with Crippen LogP contribution in [0.1, 0.15) is 24.0 Å². The molecule has 19 heavy (non-hydrogen) atoms. The van der Waals surface area contributed by atoms with E-state index in [-0.39, 0.29) is 5.82 Å². The topological polar surface area (TPSA) is 12.0 Å². The second-order valence-corrected chi connectivity index (χ2v) is 5.31. The van der Waals surface area contributed by atoms with Crippen molar-refractivity contribution in [3.63, 3.8) is 0 Å². The zero-order chi connectivity index (χ0) is 13.2. The highest BCUT2D eigenvalue weighted by Gasteiger charge is 2.19. The molecule has 2 aromatic rings. The molecule has 0 atom stereocenters. The number of halogens is 1. The van der Waals surface area contributed by atoms with E-state index in [1.54, 1.807) is 6.07 Å². The van der Waals surface area contributed by atoms with Gasteiger partial charge < -0.3 is 5.32 Å². The van der Waals surface area contributed by atoms with E-state index in [0.29, 0.717) is 0 Å². The smallest absolute Gasteiger partial charge is 0.123 e. The van der Waals surface area contributed by atoms with Crippen molar-refractivity contribution in [1.29, 1.82) is 0 Å². The lowest BCUT2D eigenvalue weighted by Crippen LogP contribution is -2.14. The van der Waals surface area contributed by atoms with Crippen LogP contribution in [0, 0.1) is 12.7 Å². The number of rotatable bonds is 4. The van der Waals surface area contributed by atoms with Crippen molar-refractivity contribution in [2.45, 2.75) is 32.4 Å². The highest BCUT2D eigenvalue weighted by atomic mass is 19.1. The Labute approximate surface area is 113 Å². The summed E-state index contributed by atoms with van der Waals surface area (Å²) in [5.41, 5.74) is 4.52. The average Bonchev–Trinajstić information content (AvgIpc) is 3.21. The van der Waals surface area contributed by atoms with Gasteiger partial charge in [-0.05, 0) is 54.2 Å². The van der Waals surface area contributed by atoms with Crippen LogP contribution in [-0.4, -0.2) is 6.04 Å². The highest BCUT2D eigenvalue weighted by molar-refractivity contribution is 5.67. The Bertz CT molecular complexity index is 570. The van der Waals surface area contributed by atoms with Crippen molar-refractivity contribution in [1.82, 2.24) is 5.32 Å². The zero-order valence-electron chi connectivity index (χ0n) is 11.1. The molecular weight excluding hydrogens is 237 g/mol. The Kier molecular flexibility index (Phi) is 3.34. The van der Waals surface area contributed by atoms with Crippen LogP contribution in [-0.2, 0) is 6.54 Å². The van der Waals surface area contributed by atoms with E-state index in [0.717, 1.165) is 29.3 Å². The first-order chi connectivity index (χ1) is 9.22. The van der Waals surface area contributed by atoms with E-state index in [1.165, 1.54) is 24.5 Å². The minimum absolute atomic E-state index is 0.175. The molecule has 0 aliphatic heterocycles. The summed E-state index contributed by atoms with van der Waals surface area (Å²) in [6.07, 6.45) is 2.62. The predicted molar refractivity (Wildman–Crippen MR) is 76.4 cm³/mol. The van der Waals surface area contributed by atoms with Gasteiger partial charge in [-0.25, -0.2) is 4.39 Å². The number of benzene rings is 2. The van der Waals surface area contributed by atoms with Gasteiger partial charge in [-0.3, -0.25) is 0 Å². The SMILES string of the molecule is Cc1cc(F)ccc1-c1ccc(CNC2CC2)cc1. The fourth-order valence-corrected chi connectivity index (χ4v) is 2.30. The second kappa shape index (κ2) is 5.14. The van der Waals surface area contributed by atoms with Crippen LogP contribution in [0.2, 0.25) is 0 Å². The molecule has 0 unspecified atom stereocenters. The third kappa shape index (κ3) is 3.02. The Morgan fingerprint density at radius 2 is 1.84 bits per heavy atom. The molecule has 0 bridgehead atoms. The zero-order valence-corrected chi connectivity index (χ0v) is 11.1. The summed E-state index contributed by atoms with van der Waals surface area (Å²) in [6, 6.07) is 14.2. The van der Waals surface area contributed by atoms with Crippen molar-refractivity contribution in [2.24, 2.45) is 0 Å². The van der Waals surface area contributed by atoms with Gasteiger partial charge in [-0.1, -0.05) is 30.3 Å². The lowest BCUT2D eigenvalue weighted by molar-refractivity contribution is 0.627. The molecule has 2 heteroatoms. The first-order valence-corrected chi connectivity index (χ1v) is 6.81. The molecule has 2 aromatic carbocycles. The van der Waals surface area contributed by atoms with Gasteiger partial charge in [-0.2, -0.15) is 0 Å². The molecule has 0 saturated heterocycles. The standard InChI is InChI=1S/C17H18FN/c1-12-10-15(18)6-9-17(12)14-4-2-13(3-5-14)11-19-16-7-8-16/h2-6,9-10,16,19H,7-8,11H2,1H3. The molecule has 0 heterocycles. The molecule has 0 amide bonds. The van der Waals surface area contributed by atoms with Gasteiger partial charge in [0.05, 0.1) is 0 Å². The quantitative estimate of drug-likeness (QED) is 0.869. The Morgan fingerprint density at radius 1 is 1.11 bits per heavy atom. The molecule has 1 saturated carbocycles. The van der Waals surface area contributed by atoms with Gasteiger partial charge in [0.2, 0.25) is 0 Å². The largest absolute Gasteiger partial charge is 0.310 e. The van der Waals surface area contributed by atoms with Crippen LogP contribution >= 0.6 is 0 Å². The molecular formula is C17H18FN. The Balaban J connectivity index is 1.76. The van der Waals surface area contributed by atoms with Gasteiger partial charge in [0.15, 0.2) is 0 Å². The summed E-state index contributed by atoms with van der Waals surface area (Å²) in [7, 11) is 0. The minimum atomic E-state index is -0.175. The van der Waals surface area contributed by atoms with Crippen LogP contribution in [0.4, 0.5) is 4.39 Å². The van der Waals surface area contributed by atoms with Gasteiger partial charge in [0, 0.05) is 12.6 Å². The van der Waals surface area contributed by atoms with Gasteiger partial charge in [-0.15, -0.1) is 0 Å². The molecule has 0 spiro atoms. The van der Waals surface area contributed by atoms with Crippen LogP contribution < -0.4 is 5.32 Å². The summed E-state index contributed by atoms with van der Waals surface area (Å²) in [5.74, 6) is -0.175. The van der Waals surface area contributed by atoms with Gasteiger partial charge in [0.1, 0.15) is 5.82 Å². The molecule has 0 aromatic heterocycles. The predicted octanol–water partition coefficient (Wildman–Crippen LogP) is 4.05. The van der Waals surface area contributed by atoms with Crippen LogP contribution in [0.5, 0.6) is 0 Å². The second-order valence-electron chi connectivity index (χ2n) is 5.31.